The van der Waals surface area contributed by atoms with Gasteiger partial charge in [0, 0.05) is 12.8 Å². The van der Waals surface area contributed by atoms with Crippen LogP contribution < -0.4 is 23.0 Å². The molecule has 1 heterocycles. The molecule has 4 nitrogen and oxygen atoms in total. The predicted octanol–water partition coefficient (Wildman–Crippen LogP) is 9.38. The first kappa shape index (κ1) is 45.2. The molecule has 0 radical (unpaired) electrons. The van der Waals surface area contributed by atoms with Gasteiger partial charge in [0.2, 0.25) is 17.9 Å². The van der Waals surface area contributed by atoms with Gasteiger partial charge >= 0.3 is 0 Å². The molecule has 0 aromatic heterocycles. The van der Waals surface area contributed by atoms with E-state index >= 15 is 0 Å². The van der Waals surface area contributed by atoms with Gasteiger partial charge in [0.25, 0.3) is 0 Å². The second-order valence-corrected chi connectivity index (χ2v) is 14.4. The average molecular weight is 669 g/mol. The standard InChI is InChI=1S/C41H81N3O.ClH/c1-4-7-9-11-13-15-17-19-21-23-24-26-28-30-32-34-36-39-42-38-40(44(39)6-3)43-41(45)37-35-33-31-29-27-25-22-20-18-16-14-12-10-8-5-2;/h40H,4-38H2,1-3H3,(H,43,45);1H. The van der Waals surface area contributed by atoms with Gasteiger partial charge in [0.1, 0.15) is 6.54 Å². The lowest BCUT2D eigenvalue weighted by Gasteiger charge is -2.13. The summed E-state index contributed by atoms with van der Waals surface area (Å²) in [6, 6.07) is 0. The summed E-state index contributed by atoms with van der Waals surface area (Å²) >= 11 is 0. The number of carbonyl (C=O) groups is 1. The van der Waals surface area contributed by atoms with Gasteiger partial charge in [-0.05, 0) is 19.8 Å². The number of rotatable bonds is 35. The van der Waals surface area contributed by atoms with E-state index in [1.165, 1.54) is 198 Å². The highest BCUT2D eigenvalue weighted by molar-refractivity contribution is 5.80. The van der Waals surface area contributed by atoms with Gasteiger partial charge in [-0.2, -0.15) is 0 Å². The van der Waals surface area contributed by atoms with E-state index in [-0.39, 0.29) is 24.5 Å². The van der Waals surface area contributed by atoms with Crippen molar-refractivity contribution < 1.29 is 21.8 Å². The summed E-state index contributed by atoms with van der Waals surface area (Å²) in [5.74, 6) is 1.58. The number of halogens is 1. The molecular formula is C41H82ClN3O. The van der Waals surface area contributed by atoms with Crippen molar-refractivity contribution in [3.8, 4) is 0 Å². The number of hydrogen-bond acceptors (Lipinski definition) is 2. The number of unbranched alkanes of at least 4 members (excludes halogenated alkanes) is 29. The Kier molecular flexibility index (Phi) is 34.9. The molecule has 1 amide bonds. The first-order valence-electron chi connectivity index (χ1n) is 20.9. The van der Waals surface area contributed by atoms with Crippen LogP contribution in [-0.4, -0.2) is 35.6 Å². The number of nitrogens with one attached hydrogen (secondary N) is 2. The summed E-state index contributed by atoms with van der Waals surface area (Å²) in [5.41, 5.74) is 0. The average Bonchev–Trinajstić information content (AvgIpc) is 3.43. The van der Waals surface area contributed by atoms with Crippen molar-refractivity contribution in [1.82, 2.24) is 10.6 Å². The summed E-state index contributed by atoms with van der Waals surface area (Å²) in [6.45, 7) is 8.63. The molecule has 1 unspecified atom stereocenters. The molecule has 0 spiro atoms. The number of carbonyl (C=O) groups excluding carboxylic acids is 1. The molecule has 1 aliphatic heterocycles. The maximum absolute atomic E-state index is 12.6. The monoisotopic (exact) mass is 668 g/mol. The summed E-state index contributed by atoms with van der Waals surface area (Å²) in [5, 5.41) is 6.93. The molecule has 0 saturated carbocycles. The van der Waals surface area contributed by atoms with Crippen LogP contribution in [0.15, 0.2) is 0 Å². The molecule has 0 saturated heterocycles. The van der Waals surface area contributed by atoms with Gasteiger partial charge in [-0.15, -0.1) is 0 Å². The number of nitrogens with zero attached hydrogens (tertiary/aromatic N) is 1. The molecular weight excluding hydrogens is 586 g/mol. The molecule has 0 fully saturated rings. The lowest BCUT2D eigenvalue weighted by Crippen LogP contribution is -3.00. The van der Waals surface area contributed by atoms with Crippen LogP contribution in [0.2, 0.25) is 0 Å². The fourth-order valence-electron chi connectivity index (χ4n) is 7.14. The van der Waals surface area contributed by atoms with Crippen molar-refractivity contribution in [2.75, 3.05) is 13.1 Å². The summed E-state index contributed by atoms with van der Waals surface area (Å²) in [7, 11) is 0. The number of hydrogen-bond donors (Lipinski definition) is 2. The van der Waals surface area contributed by atoms with Crippen LogP contribution in [0.3, 0.4) is 0 Å². The largest absolute Gasteiger partial charge is 1.00 e. The van der Waals surface area contributed by atoms with Gasteiger partial charge < -0.3 is 17.7 Å². The molecule has 46 heavy (non-hydrogen) atoms. The second kappa shape index (κ2) is 35.5. The van der Waals surface area contributed by atoms with Gasteiger partial charge in [-0.1, -0.05) is 200 Å². The minimum absolute atomic E-state index is 0. The predicted molar refractivity (Wildman–Crippen MR) is 199 cm³/mol. The highest BCUT2D eigenvalue weighted by Crippen LogP contribution is 2.16. The van der Waals surface area contributed by atoms with Crippen LogP contribution in [0.4, 0.5) is 0 Å². The van der Waals surface area contributed by atoms with Crippen molar-refractivity contribution in [3.63, 3.8) is 0 Å². The topological polar surface area (TPSA) is 44.1 Å². The van der Waals surface area contributed by atoms with E-state index in [1.807, 2.05) is 0 Å². The number of amidine groups is 1. The summed E-state index contributed by atoms with van der Waals surface area (Å²) in [6.07, 6.45) is 45.0. The third-order valence-corrected chi connectivity index (χ3v) is 10.2. The Balaban J connectivity index is 0.0000202. The highest BCUT2D eigenvalue weighted by Gasteiger charge is 2.30. The fraction of sp³-hybridized carbons (Fsp3) is 0.951. The normalized spacial score (nSPS) is 14.5. The first-order chi connectivity index (χ1) is 22.2. The molecule has 1 rings (SSSR count). The first-order valence-corrected chi connectivity index (χ1v) is 20.9. The Labute approximate surface area is 295 Å². The number of likely N-dealkylation sites (N-methyl/N-ethyl adjacent to an activating group) is 1. The van der Waals surface area contributed by atoms with E-state index in [0.717, 1.165) is 25.9 Å². The number of amides is 1. The van der Waals surface area contributed by atoms with E-state index in [9.17, 15) is 4.79 Å². The highest BCUT2D eigenvalue weighted by atomic mass is 35.5. The van der Waals surface area contributed by atoms with Crippen molar-refractivity contribution >= 4 is 11.7 Å². The van der Waals surface area contributed by atoms with E-state index in [1.54, 1.807) is 0 Å². The molecule has 5 heteroatoms. The van der Waals surface area contributed by atoms with Crippen LogP contribution in [0.25, 0.3) is 0 Å². The lowest BCUT2D eigenvalue weighted by atomic mass is 10.0. The zero-order valence-electron chi connectivity index (χ0n) is 31.6. The van der Waals surface area contributed by atoms with Gasteiger partial charge in [-0.3, -0.25) is 10.1 Å². The Morgan fingerprint density at radius 2 is 0.870 bits per heavy atom. The molecule has 2 N–H and O–H groups in total. The van der Waals surface area contributed by atoms with E-state index in [2.05, 4.69) is 36.0 Å². The third kappa shape index (κ3) is 27.2. The summed E-state index contributed by atoms with van der Waals surface area (Å²) in [4.78, 5) is 12.6. The van der Waals surface area contributed by atoms with Crippen LogP contribution >= 0.6 is 0 Å². The van der Waals surface area contributed by atoms with Crippen LogP contribution in [0.1, 0.15) is 233 Å². The smallest absolute Gasteiger partial charge is 0.246 e. The SMILES string of the molecule is CCCCCCCCCCCCCCCCCCC1=[N+](CC)C(NC(=O)CCCCCCCCCCCCCCCCC)CN1.[Cl-]. The van der Waals surface area contributed by atoms with Crippen molar-refractivity contribution in [3.05, 3.63) is 0 Å². The van der Waals surface area contributed by atoms with Crippen LogP contribution in [-0.2, 0) is 4.79 Å². The molecule has 1 aliphatic rings. The Hall–Kier alpha value is -0.770. The van der Waals surface area contributed by atoms with Crippen LogP contribution in [0, 0.1) is 0 Å². The molecule has 1 atom stereocenters. The zero-order valence-corrected chi connectivity index (χ0v) is 32.3. The van der Waals surface area contributed by atoms with Crippen molar-refractivity contribution in [2.24, 2.45) is 0 Å². The minimum Gasteiger partial charge on any atom is -1.00 e. The third-order valence-electron chi connectivity index (χ3n) is 10.2. The molecule has 0 aromatic rings. The molecule has 274 valence electrons. The quantitative estimate of drug-likeness (QED) is 0.0522. The van der Waals surface area contributed by atoms with E-state index in [0.29, 0.717) is 6.42 Å². The Bertz CT molecular complexity index is 683. The van der Waals surface area contributed by atoms with Crippen molar-refractivity contribution in [2.45, 2.75) is 239 Å². The maximum Gasteiger partial charge on any atom is 0.246 e. The zero-order chi connectivity index (χ0) is 32.5. The Morgan fingerprint density at radius 3 is 1.22 bits per heavy atom. The fourth-order valence-corrected chi connectivity index (χ4v) is 7.14. The lowest BCUT2D eigenvalue weighted by molar-refractivity contribution is -0.557. The minimum atomic E-state index is 0. The van der Waals surface area contributed by atoms with Gasteiger partial charge in [-0.25, -0.2) is 4.58 Å². The molecule has 0 aromatic carbocycles. The van der Waals surface area contributed by atoms with E-state index < -0.39 is 0 Å². The Morgan fingerprint density at radius 1 is 0.543 bits per heavy atom. The van der Waals surface area contributed by atoms with Crippen LogP contribution in [0.5, 0.6) is 0 Å². The van der Waals surface area contributed by atoms with E-state index in [4.69, 9.17) is 0 Å². The maximum atomic E-state index is 12.6. The van der Waals surface area contributed by atoms with Gasteiger partial charge in [0.15, 0.2) is 0 Å². The second-order valence-electron chi connectivity index (χ2n) is 14.4. The molecule has 0 aliphatic carbocycles. The van der Waals surface area contributed by atoms with Crippen molar-refractivity contribution in [1.29, 1.82) is 0 Å². The van der Waals surface area contributed by atoms with Gasteiger partial charge in [0.05, 0.1) is 6.54 Å². The molecule has 0 bridgehead atoms. The summed E-state index contributed by atoms with van der Waals surface area (Å²) < 4.78 is 2.40.